The molecule has 5 aromatic carbocycles. The van der Waals surface area contributed by atoms with E-state index in [-0.39, 0.29) is 22.9 Å². The Morgan fingerprint density at radius 3 is 1.25 bits per heavy atom. The van der Waals surface area contributed by atoms with Gasteiger partial charge in [-0.3, -0.25) is 0 Å². The van der Waals surface area contributed by atoms with Gasteiger partial charge in [0.2, 0.25) is 0 Å². The number of nitrogen functional groups attached to an aromatic ring is 2. The van der Waals surface area contributed by atoms with Crippen LogP contribution in [0.4, 0.5) is 11.4 Å². The molecule has 0 heterocycles. The van der Waals surface area contributed by atoms with E-state index in [1.54, 1.807) is 36.4 Å². The fourth-order valence-corrected chi connectivity index (χ4v) is 3.68. The predicted molar refractivity (Wildman–Crippen MR) is 156 cm³/mol. The Balaban J connectivity index is 1.65. The van der Waals surface area contributed by atoms with Crippen LogP contribution in [-0.2, 0) is 0 Å². The number of aromatic hydroxyl groups is 2. The summed E-state index contributed by atoms with van der Waals surface area (Å²) < 4.78 is 12.3. The molecule has 0 fully saturated rings. The van der Waals surface area contributed by atoms with Gasteiger partial charge in [-0.2, -0.15) is 0 Å². The van der Waals surface area contributed by atoms with E-state index in [2.05, 4.69) is 23.7 Å². The van der Waals surface area contributed by atoms with Crippen LogP contribution in [-0.4, -0.2) is 10.2 Å². The Hall–Kier alpha value is -5.98. The summed E-state index contributed by atoms with van der Waals surface area (Å²) in [6.07, 6.45) is 0. The van der Waals surface area contributed by atoms with Crippen molar-refractivity contribution in [3.8, 4) is 58.2 Å². The van der Waals surface area contributed by atoms with Gasteiger partial charge in [-0.15, -0.1) is 0 Å². The number of benzene rings is 5. The normalized spacial score (nSPS) is 10.0. The Bertz CT molecular complexity index is 1660. The summed E-state index contributed by atoms with van der Waals surface area (Å²) in [6, 6.07) is 31.8. The molecule has 0 aliphatic rings. The summed E-state index contributed by atoms with van der Waals surface area (Å²) in [5, 5.41) is 20.2. The van der Waals surface area contributed by atoms with Gasteiger partial charge in [-0.1, -0.05) is 60.1 Å². The van der Waals surface area contributed by atoms with Gasteiger partial charge in [0.25, 0.3) is 0 Å². The molecule has 6 heteroatoms. The highest BCUT2D eigenvalue weighted by molar-refractivity contribution is 5.63. The van der Waals surface area contributed by atoms with Crippen molar-refractivity contribution in [2.24, 2.45) is 0 Å². The van der Waals surface area contributed by atoms with Crippen molar-refractivity contribution < 1.29 is 19.7 Å². The fourth-order valence-electron chi connectivity index (χ4n) is 3.68. The van der Waals surface area contributed by atoms with Crippen LogP contribution in [0.5, 0.6) is 34.5 Å². The lowest BCUT2D eigenvalue weighted by atomic mass is 10.1. The van der Waals surface area contributed by atoms with Gasteiger partial charge in [0.05, 0.1) is 11.4 Å². The summed E-state index contributed by atoms with van der Waals surface area (Å²) in [6.45, 7) is 0. The summed E-state index contributed by atoms with van der Waals surface area (Å²) in [5.41, 5.74) is 14.9. The highest BCUT2D eigenvalue weighted by Crippen LogP contribution is 2.39. The molecule has 0 aliphatic carbocycles. The Morgan fingerprint density at radius 1 is 0.475 bits per heavy atom. The lowest BCUT2D eigenvalue weighted by Crippen LogP contribution is -1.96. The van der Waals surface area contributed by atoms with Crippen LogP contribution in [0.1, 0.15) is 22.3 Å². The third-order valence-electron chi connectivity index (χ3n) is 5.77. The number of phenolic OH excluding ortho intramolecular Hbond substituents is 2. The summed E-state index contributed by atoms with van der Waals surface area (Å²) in [7, 11) is 0. The van der Waals surface area contributed by atoms with Gasteiger partial charge in [-0.05, 0) is 48.5 Å². The maximum atomic E-state index is 10.1. The Labute approximate surface area is 232 Å². The average molecular weight is 525 g/mol. The van der Waals surface area contributed by atoms with Crippen LogP contribution in [0, 0.1) is 23.7 Å². The van der Waals surface area contributed by atoms with E-state index < -0.39 is 0 Å². The summed E-state index contributed by atoms with van der Waals surface area (Å²) in [5.74, 6) is 13.8. The molecule has 5 rings (SSSR count). The van der Waals surface area contributed by atoms with Crippen LogP contribution in [0.3, 0.4) is 0 Å². The van der Waals surface area contributed by atoms with Crippen molar-refractivity contribution >= 4 is 11.4 Å². The van der Waals surface area contributed by atoms with Gasteiger partial charge >= 0.3 is 0 Å². The first kappa shape index (κ1) is 25.7. The highest BCUT2D eigenvalue weighted by atomic mass is 16.5. The fraction of sp³-hybridized carbons (Fsp3) is 0. The van der Waals surface area contributed by atoms with Crippen LogP contribution in [0.25, 0.3) is 0 Å². The molecule has 0 spiro atoms. The molecule has 5 aromatic rings. The Morgan fingerprint density at radius 2 is 0.875 bits per heavy atom. The van der Waals surface area contributed by atoms with Crippen molar-refractivity contribution in [3.63, 3.8) is 0 Å². The molecule has 0 radical (unpaired) electrons. The first-order valence-electron chi connectivity index (χ1n) is 12.3. The first-order valence-corrected chi connectivity index (χ1v) is 12.3. The number of hydrogen-bond donors (Lipinski definition) is 4. The zero-order valence-electron chi connectivity index (χ0n) is 21.3. The molecule has 194 valence electrons. The van der Waals surface area contributed by atoms with Crippen LogP contribution < -0.4 is 20.9 Å². The zero-order chi connectivity index (χ0) is 27.9. The number of rotatable bonds is 4. The molecule has 6 nitrogen and oxygen atoms in total. The molecule has 40 heavy (non-hydrogen) atoms. The summed E-state index contributed by atoms with van der Waals surface area (Å²) in [4.78, 5) is 0. The quantitative estimate of drug-likeness (QED) is 0.119. The molecule has 6 N–H and O–H groups in total. The van der Waals surface area contributed by atoms with Crippen molar-refractivity contribution in [2.45, 2.75) is 0 Å². The lowest BCUT2D eigenvalue weighted by Gasteiger charge is -2.15. The Kier molecular flexibility index (Phi) is 7.44. The van der Waals surface area contributed by atoms with Crippen molar-refractivity contribution in [1.82, 2.24) is 0 Å². The van der Waals surface area contributed by atoms with Crippen LogP contribution in [0.2, 0.25) is 0 Å². The number of anilines is 2. The third kappa shape index (κ3) is 6.28. The van der Waals surface area contributed by atoms with E-state index >= 15 is 0 Å². The molecule has 0 unspecified atom stereocenters. The monoisotopic (exact) mass is 524 g/mol. The molecule has 0 saturated carbocycles. The molecule has 0 aromatic heterocycles. The third-order valence-corrected chi connectivity index (χ3v) is 5.77. The van der Waals surface area contributed by atoms with E-state index in [0.29, 0.717) is 34.1 Å². The van der Waals surface area contributed by atoms with Gasteiger partial charge < -0.3 is 31.2 Å². The largest absolute Gasteiger partial charge is 0.506 e. The standard InChI is InChI=1S/C34H24N2O4/c35-29-17-15-27(21-31(29)37)39-33-19-25(13-11-23-7-3-1-4-8-23)26(14-12-24-9-5-2-6-10-24)20-34(33)40-28-16-18-30(36)32(38)22-28/h1-10,15-22,37-38H,35-36H2. The minimum atomic E-state index is -0.113. The SMILES string of the molecule is Nc1ccc(Oc2cc(C#Cc3ccccc3)c(C#Cc3ccccc3)cc2Oc2ccc(N)c(O)c2)cc1O. The van der Waals surface area contributed by atoms with E-state index in [9.17, 15) is 10.2 Å². The average Bonchev–Trinajstić information content (AvgIpc) is 2.97. The van der Waals surface area contributed by atoms with Crippen molar-refractivity contribution in [3.05, 3.63) is 131 Å². The first-order chi connectivity index (χ1) is 19.4. The van der Waals surface area contributed by atoms with Crippen LogP contribution in [0.15, 0.2) is 109 Å². The van der Waals surface area contributed by atoms with Crippen molar-refractivity contribution in [1.29, 1.82) is 0 Å². The number of ether oxygens (including phenoxy) is 2. The minimum absolute atomic E-state index is 0.113. The van der Waals surface area contributed by atoms with E-state index in [1.807, 2.05) is 60.7 Å². The minimum Gasteiger partial charge on any atom is -0.506 e. The van der Waals surface area contributed by atoms with Crippen LogP contribution >= 0.6 is 0 Å². The second-order valence-corrected chi connectivity index (χ2v) is 8.72. The van der Waals surface area contributed by atoms with Crippen molar-refractivity contribution in [2.75, 3.05) is 11.5 Å². The number of nitrogens with two attached hydrogens (primary N) is 2. The molecule has 0 atom stereocenters. The molecular weight excluding hydrogens is 500 g/mol. The van der Waals surface area contributed by atoms with E-state index in [0.717, 1.165) is 11.1 Å². The lowest BCUT2D eigenvalue weighted by molar-refractivity contribution is 0.411. The van der Waals surface area contributed by atoms with E-state index in [1.165, 1.54) is 12.1 Å². The number of phenols is 2. The number of hydrogen-bond acceptors (Lipinski definition) is 6. The zero-order valence-corrected chi connectivity index (χ0v) is 21.3. The summed E-state index contributed by atoms with van der Waals surface area (Å²) >= 11 is 0. The molecule has 0 amide bonds. The van der Waals surface area contributed by atoms with Gasteiger partial charge in [0.1, 0.15) is 23.0 Å². The highest BCUT2D eigenvalue weighted by Gasteiger charge is 2.15. The van der Waals surface area contributed by atoms with Gasteiger partial charge in [0.15, 0.2) is 11.5 Å². The molecule has 0 aliphatic heterocycles. The predicted octanol–water partition coefficient (Wildman–Crippen LogP) is 6.65. The molecule has 0 bridgehead atoms. The molecular formula is C34H24N2O4. The second-order valence-electron chi connectivity index (χ2n) is 8.72. The van der Waals surface area contributed by atoms with Gasteiger partial charge in [-0.25, -0.2) is 0 Å². The molecule has 0 saturated heterocycles. The maximum absolute atomic E-state index is 10.1. The van der Waals surface area contributed by atoms with E-state index in [4.69, 9.17) is 20.9 Å². The maximum Gasteiger partial charge on any atom is 0.171 e. The van der Waals surface area contributed by atoms with Gasteiger partial charge in [0, 0.05) is 46.5 Å². The topological polar surface area (TPSA) is 111 Å². The smallest absolute Gasteiger partial charge is 0.171 e. The second kappa shape index (κ2) is 11.6.